The van der Waals surface area contributed by atoms with Gasteiger partial charge in [-0.3, -0.25) is 4.79 Å². The highest BCUT2D eigenvalue weighted by Crippen LogP contribution is 2.27. The molecule has 0 bridgehead atoms. The Morgan fingerprint density at radius 2 is 1.86 bits per heavy atom. The molecule has 2 aromatic rings. The molecule has 2 unspecified atom stereocenters. The van der Waals surface area contributed by atoms with Gasteiger partial charge in [0.1, 0.15) is 0 Å². The highest BCUT2D eigenvalue weighted by atomic mass is 16.2. The second kappa shape index (κ2) is 8.02. The molecule has 6 nitrogen and oxygen atoms in total. The van der Waals surface area contributed by atoms with Gasteiger partial charge in [0.25, 0.3) is 5.91 Å². The summed E-state index contributed by atoms with van der Waals surface area (Å²) in [6.45, 7) is 5.23. The molecular formula is C22H26N4O2. The van der Waals surface area contributed by atoms with Gasteiger partial charge in [-0.05, 0) is 55.7 Å². The Morgan fingerprint density at radius 1 is 1.11 bits per heavy atom. The number of anilines is 2. The molecular weight excluding hydrogens is 352 g/mol. The van der Waals surface area contributed by atoms with Gasteiger partial charge >= 0.3 is 6.03 Å². The van der Waals surface area contributed by atoms with Crippen molar-refractivity contribution in [3.05, 3.63) is 60.2 Å². The molecule has 0 radical (unpaired) electrons. The number of urea groups is 1. The summed E-state index contributed by atoms with van der Waals surface area (Å²) in [7, 11) is 0. The van der Waals surface area contributed by atoms with Crippen molar-refractivity contribution in [2.24, 2.45) is 5.92 Å². The van der Waals surface area contributed by atoms with Gasteiger partial charge in [0.05, 0.1) is 0 Å². The van der Waals surface area contributed by atoms with E-state index in [1.54, 1.807) is 29.2 Å². The topological polar surface area (TPSA) is 64.7 Å². The molecule has 2 heterocycles. The van der Waals surface area contributed by atoms with Crippen LogP contribution >= 0.6 is 0 Å². The van der Waals surface area contributed by atoms with E-state index in [4.69, 9.17) is 0 Å². The maximum absolute atomic E-state index is 12.9. The first-order valence-corrected chi connectivity index (χ1v) is 9.92. The Hall–Kier alpha value is -2.86. The molecule has 4 rings (SSSR count). The van der Waals surface area contributed by atoms with Gasteiger partial charge in [-0.15, -0.1) is 0 Å². The lowest BCUT2D eigenvalue weighted by Gasteiger charge is -2.24. The van der Waals surface area contributed by atoms with E-state index in [0.717, 1.165) is 31.7 Å². The summed E-state index contributed by atoms with van der Waals surface area (Å²) < 4.78 is 0. The van der Waals surface area contributed by atoms with Gasteiger partial charge in [-0.1, -0.05) is 18.2 Å². The average molecular weight is 378 g/mol. The number of benzene rings is 2. The van der Waals surface area contributed by atoms with E-state index in [0.29, 0.717) is 29.8 Å². The highest BCUT2D eigenvalue weighted by molar-refractivity contribution is 6.06. The van der Waals surface area contributed by atoms with E-state index >= 15 is 0 Å². The number of likely N-dealkylation sites (tertiary alicyclic amines) is 1. The van der Waals surface area contributed by atoms with Crippen LogP contribution in [0.3, 0.4) is 0 Å². The van der Waals surface area contributed by atoms with Crippen LogP contribution in [-0.4, -0.2) is 49.1 Å². The summed E-state index contributed by atoms with van der Waals surface area (Å²) >= 11 is 0. The minimum atomic E-state index is -0.0604. The molecule has 2 aliphatic rings. The van der Waals surface area contributed by atoms with Crippen LogP contribution < -0.4 is 15.5 Å². The standard InChI is InChI=1S/C22H26N4O2/c1-2-25(19-6-4-3-5-7-19)21(27)16-8-10-18(11-9-16)24-22(28)26-13-12-17-14-23-15-20(17)26/h3-11,17,20,23H,2,12-15H2,1H3,(H,24,28). The van der Waals surface area contributed by atoms with Crippen molar-refractivity contribution in [1.29, 1.82) is 0 Å². The third kappa shape index (κ3) is 3.60. The Kier molecular flexibility index (Phi) is 5.30. The van der Waals surface area contributed by atoms with Crippen LogP contribution in [0.5, 0.6) is 0 Å². The molecule has 0 spiro atoms. The van der Waals surface area contributed by atoms with Gasteiger partial charge in [-0.2, -0.15) is 0 Å². The molecule has 6 heteroatoms. The number of hydrogen-bond donors (Lipinski definition) is 2. The SMILES string of the molecule is CCN(C(=O)c1ccc(NC(=O)N2CCC3CNCC32)cc1)c1ccccc1. The van der Waals surface area contributed by atoms with Crippen molar-refractivity contribution < 1.29 is 9.59 Å². The van der Waals surface area contributed by atoms with E-state index in [1.807, 2.05) is 42.2 Å². The molecule has 2 saturated heterocycles. The summed E-state index contributed by atoms with van der Waals surface area (Å²) in [5, 5.41) is 6.33. The maximum atomic E-state index is 12.9. The summed E-state index contributed by atoms with van der Waals surface area (Å²) in [6.07, 6.45) is 1.06. The number of hydrogen-bond acceptors (Lipinski definition) is 3. The van der Waals surface area contributed by atoms with Gasteiger partial charge in [0, 0.05) is 49.2 Å². The van der Waals surface area contributed by atoms with Crippen molar-refractivity contribution >= 4 is 23.3 Å². The molecule has 146 valence electrons. The quantitative estimate of drug-likeness (QED) is 0.859. The zero-order chi connectivity index (χ0) is 19.5. The molecule has 2 fully saturated rings. The number of nitrogens with one attached hydrogen (secondary N) is 2. The maximum Gasteiger partial charge on any atom is 0.322 e. The number of fused-ring (bicyclic) bond motifs is 1. The number of amides is 3. The third-order valence-electron chi connectivity index (χ3n) is 5.72. The van der Waals surface area contributed by atoms with E-state index in [1.165, 1.54) is 0 Å². The van der Waals surface area contributed by atoms with E-state index < -0.39 is 0 Å². The minimum absolute atomic E-state index is 0.0500. The van der Waals surface area contributed by atoms with Crippen LogP contribution in [0, 0.1) is 5.92 Å². The molecule has 2 aliphatic heterocycles. The summed E-state index contributed by atoms with van der Waals surface area (Å²) in [5.41, 5.74) is 2.18. The van der Waals surface area contributed by atoms with Crippen molar-refractivity contribution in [3.8, 4) is 0 Å². The smallest absolute Gasteiger partial charge is 0.320 e. The molecule has 2 N–H and O–H groups in total. The van der Waals surface area contributed by atoms with Gasteiger partial charge in [0.15, 0.2) is 0 Å². The van der Waals surface area contributed by atoms with Crippen LogP contribution in [-0.2, 0) is 0 Å². The van der Waals surface area contributed by atoms with Crippen LogP contribution in [0.25, 0.3) is 0 Å². The summed E-state index contributed by atoms with van der Waals surface area (Å²) in [4.78, 5) is 29.2. The van der Waals surface area contributed by atoms with Gasteiger partial charge < -0.3 is 20.4 Å². The first-order valence-electron chi connectivity index (χ1n) is 9.92. The number of nitrogens with zero attached hydrogens (tertiary/aromatic N) is 2. The Bertz CT molecular complexity index is 837. The number of rotatable bonds is 4. The zero-order valence-corrected chi connectivity index (χ0v) is 16.1. The number of para-hydroxylation sites is 1. The Labute approximate surface area is 165 Å². The fraction of sp³-hybridized carbons (Fsp3) is 0.364. The first-order chi connectivity index (χ1) is 13.7. The Morgan fingerprint density at radius 3 is 2.57 bits per heavy atom. The average Bonchev–Trinajstić information content (AvgIpc) is 3.33. The fourth-order valence-corrected chi connectivity index (χ4v) is 4.20. The van der Waals surface area contributed by atoms with Gasteiger partial charge in [-0.25, -0.2) is 4.79 Å². The van der Waals surface area contributed by atoms with Crippen molar-refractivity contribution in [2.45, 2.75) is 19.4 Å². The summed E-state index contributed by atoms with van der Waals surface area (Å²) in [6, 6.07) is 17.0. The molecule has 3 amide bonds. The van der Waals surface area contributed by atoms with Crippen LogP contribution in [0.4, 0.5) is 16.2 Å². The largest absolute Gasteiger partial charge is 0.322 e. The Balaban J connectivity index is 1.42. The second-order valence-corrected chi connectivity index (χ2v) is 7.36. The van der Waals surface area contributed by atoms with E-state index in [2.05, 4.69) is 10.6 Å². The normalized spacial score (nSPS) is 20.7. The molecule has 0 aromatic heterocycles. The number of carbonyl (C=O) groups excluding carboxylic acids is 2. The van der Waals surface area contributed by atoms with E-state index in [9.17, 15) is 9.59 Å². The number of carbonyl (C=O) groups is 2. The minimum Gasteiger partial charge on any atom is -0.320 e. The lowest BCUT2D eigenvalue weighted by molar-refractivity contribution is 0.0988. The molecule has 0 aliphatic carbocycles. The predicted octanol–water partition coefficient (Wildman–Crippen LogP) is 3.18. The van der Waals surface area contributed by atoms with Crippen molar-refractivity contribution in [3.63, 3.8) is 0 Å². The first kappa shape index (κ1) is 18.5. The second-order valence-electron chi connectivity index (χ2n) is 7.36. The zero-order valence-electron chi connectivity index (χ0n) is 16.1. The van der Waals surface area contributed by atoms with E-state index in [-0.39, 0.29) is 11.9 Å². The van der Waals surface area contributed by atoms with Crippen LogP contribution in [0.15, 0.2) is 54.6 Å². The summed E-state index contributed by atoms with van der Waals surface area (Å²) in [5.74, 6) is 0.523. The molecule has 2 atom stereocenters. The van der Waals surface area contributed by atoms with Crippen molar-refractivity contribution in [1.82, 2.24) is 10.2 Å². The third-order valence-corrected chi connectivity index (χ3v) is 5.72. The van der Waals surface area contributed by atoms with Crippen LogP contribution in [0.2, 0.25) is 0 Å². The van der Waals surface area contributed by atoms with Crippen LogP contribution in [0.1, 0.15) is 23.7 Å². The molecule has 2 aromatic carbocycles. The van der Waals surface area contributed by atoms with Crippen molar-refractivity contribution in [2.75, 3.05) is 36.4 Å². The predicted molar refractivity (Wildman–Crippen MR) is 111 cm³/mol. The monoisotopic (exact) mass is 378 g/mol. The molecule has 28 heavy (non-hydrogen) atoms. The highest BCUT2D eigenvalue weighted by Gasteiger charge is 2.39. The lowest BCUT2D eigenvalue weighted by Crippen LogP contribution is -2.41. The fourth-order valence-electron chi connectivity index (χ4n) is 4.20. The molecule has 0 saturated carbocycles. The van der Waals surface area contributed by atoms with Gasteiger partial charge in [0.2, 0.25) is 0 Å². The lowest BCUT2D eigenvalue weighted by atomic mass is 10.1.